The summed E-state index contributed by atoms with van der Waals surface area (Å²) in [7, 11) is 0. The van der Waals surface area contributed by atoms with Crippen LogP contribution in [0.15, 0.2) is 18.2 Å². The molecule has 1 aromatic rings. The van der Waals surface area contributed by atoms with Crippen LogP contribution in [0.5, 0.6) is 0 Å². The van der Waals surface area contributed by atoms with Crippen molar-refractivity contribution < 1.29 is 14.3 Å². The molecule has 1 amide bonds. The number of carbonyl (C=O) groups excluding carboxylic acids is 1. The van der Waals surface area contributed by atoms with Crippen molar-refractivity contribution in [3.05, 3.63) is 35.1 Å². The maximum Gasteiger partial charge on any atom is 0.252 e. The fourth-order valence-corrected chi connectivity index (χ4v) is 2.81. The Kier molecular flexibility index (Phi) is 5.35. The standard InChI is InChI=1S/C17H20FNO2/c1-12(13-5-2-3-6-13)19-17(21)16-11-15(18)9-8-14(16)7-4-10-20/h8-9,11-13,20H,2-3,5-6,10H2,1H3,(H,19,21). The summed E-state index contributed by atoms with van der Waals surface area (Å²) in [5, 5.41) is 11.7. The lowest BCUT2D eigenvalue weighted by Crippen LogP contribution is -2.37. The molecule has 0 bridgehead atoms. The molecule has 3 nitrogen and oxygen atoms in total. The average molecular weight is 289 g/mol. The maximum absolute atomic E-state index is 13.4. The fraction of sp³-hybridized carbons (Fsp3) is 0.471. The van der Waals surface area contributed by atoms with Crippen molar-refractivity contribution in [1.29, 1.82) is 0 Å². The van der Waals surface area contributed by atoms with E-state index in [1.807, 2.05) is 6.92 Å². The maximum atomic E-state index is 13.4. The molecule has 1 fully saturated rings. The first kappa shape index (κ1) is 15.5. The third-order valence-electron chi connectivity index (χ3n) is 3.99. The number of benzene rings is 1. The zero-order chi connectivity index (χ0) is 15.2. The molecular weight excluding hydrogens is 269 g/mol. The first-order valence-electron chi connectivity index (χ1n) is 7.32. The predicted octanol–water partition coefficient (Wildman–Crippen LogP) is 2.48. The molecule has 0 radical (unpaired) electrons. The van der Waals surface area contributed by atoms with Crippen LogP contribution in [-0.2, 0) is 0 Å². The van der Waals surface area contributed by atoms with Crippen molar-refractivity contribution in [3.8, 4) is 11.8 Å². The third kappa shape index (κ3) is 4.05. The van der Waals surface area contributed by atoms with Crippen LogP contribution in [0, 0.1) is 23.6 Å². The van der Waals surface area contributed by atoms with E-state index in [9.17, 15) is 9.18 Å². The van der Waals surface area contributed by atoms with Crippen LogP contribution < -0.4 is 5.32 Å². The SMILES string of the molecule is CC(NC(=O)c1cc(F)ccc1C#CCO)C1CCCC1. The smallest absolute Gasteiger partial charge is 0.252 e. The molecule has 1 aliphatic rings. The average Bonchev–Trinajstić information content (AvgIpc) is 3.00. The Morgan fingerprint density at radius 3 is 2.86 bits per heavy atom. The van der Waals surface area contributed by atoms with Crippen LogP contribution in [-0.4, -0.2) is 23.7 Å². The Morgan fingerprint density at radius 1 is 1.48 bits per heavy atom. The second-order valence-corrected chi connectivity index (χ2v) is 5.46. The number of hydrogen-bond acceptors (Lipinski definition) is 2. The molecule has 1 atom stereocenters. The second-order valence-electron chi connectivity index (χ2n) is 5.46. The molecule has 0 aromatic heterocycles. The minimum absolute atomic E-state index is 0.0712. The Labute approximate surface area is 124 Å². The molecule has 2 rings (SSSR count). The first-order valence-corrected chi connectivity index (χ1v) is 7.32. The monoisotopic (exact) mass is 289 g/mol. The van der Waals surface area contributed by atoms with Gasteiger partial charge in [-0.05, 0) is 43.9 Å². The molecule has 2 N–H and O–H groups in total. The van der Waals surface area contributed by atoms with Crippen LogP contribution in [0.4, 0.5) is 4.39 Å². The number of hydrogen-bond donors (Lipinski definition) is 2. The van der Waals surface area contributed by atoms with E-state index < -0.39 is 5.82 Å². The van der Waals surface area contributed by atoms with E-state index in [2.05, 4.69) is 17.2 Å². The topological polar surface area (TPSA) is 49.3 Å². The lowest BCUT2D eigenvalue weighted by Gasteiger charge is -2.20. The molecule has 1 aliphatic carbocycles. The zero-order valence-corrected chi connectivity index (χ0v) is 12.2. The van der Waals surface area contributed by atoms with Crippen molar-refractivity contribution in [2.24, 2.45) is 5.92 Å². The first-order chi connectivity index (χ1) is 10.1. The molecule has 0 heterocycles. The van der Waals surface area contributed by atoms with E-state index in [4.69, 9.17) is 5.11 Å². The lowest BCUT2D eigenvalue weighted by molar-refractivity contribution is 0.0926. The van der Waals surface area contributed by atoms with Crippen LogP contribution >= 0.6 is 0 Å². The molecule has 112 valence electrons. The summed E-state index contributed by atoms with van der Waals surface area (Å²) >= 11 is 0. The Morgan fingerprint density at radius 2 is 2.19 bits per heavy atom. The highest BCUT2D eigenvalue weighted by molar-refractivity contribution is 5.96. The van der Waals surface area contributed by atoms with Gasteiger partial charge >= 0.3 is 0 Å². The Hall–Kier alpha value is -1.86. The third-order valence-corrected chi connectivity index (χ3v) is 3.99. The van der Waals surface area contributed by atoms with Crippen molar-refractivity contribution >= 4 is 5.91 Å². The lowest BCUT2D eigenvalue weighted by atomic mass is 9.99. The van der Waals surface area contributed by atoms with Crippen molar-refractivity contribution in [3.63, 3.8) is 0 Å². The van der Waals surface area contributed by atoms with Gasteiger partial charge in [-0.3, -0.25) is 4.79 Å². The summed E-state index contributed by atoms with van der Waals surface area (Å²) in [6.07, 6.45) is 4.67. The fourth-order valence-electron chi connectivity index (χ4n) is 2.81. The van der Waals surface area contributed by atoms with Gasteiger partial charge in [-0.1, -0.05) is 24.7 Å². The summed E-state index contributed by atoms with van der Waals surface area (Å²) in [4.78, 5) is 12.3. The van der Waals surface area contributed by atoms with Gasteiger partial charge in [0.25, 0.3) is 5.91 Å². The highest BCUT2D eigenvalue weighted by Gasteiger charge is 2.23. The van der Waals surface area contributed by atoms with Gasteiger partial charge in [0.05, 0.1) is 5.56 Å². The largest absolute Gasteiger partial charge is 0.384 e. The van der Waals surface area contributed by atoms with E-state index in [-0.39, 0.29) is 24.1 Å². The predicted molar refractivity (Wildman–Crippen MR) is 79.3 cm³/mol. The number of amides is 1. The van der Waals surface area contributed by atoms with Gasteiger partial charge in [0.1, 0.15) is 12.4 Å². The second kappa shape index (κ2) is 7.24. The summed E-state index contributed by atoms with van der Waals surface area (Å²) in [6.45, 7) is 1.70. The van der Waals surface area contributed by atoms with Gasteiger partial charge in [-0.2, -0.15) is 0 Å². The van der Waals surface area contributed by atoms with Crippen LogP contribution in [0.2, 0.25) is 0 Å². The summed E-state index contributed by atoms with van der Waals surface area (Å²) in [6, 6.07) is 3.99. The van der Waals surface area contributed by atoms with Crippen molar-refractivity contribution in [1.82, 2.24) is 5.32 Å². The van der Waals surface area contributed by atoms with E-state index in [1.54, 1.807) is 0 Å². The Bertz CT molecular complexity index is 568. The molecule has 1 aromatic carbocycles. The summed E-state index contributed by atoms with van der Waals surface area (Å²) < 4.78 is 13.4. The number of rotatable bonds is 3. The number of aliphatic hydroxyl groups is 1. The summed E-state index contributed by atoms with van der Waals surface area (Å²) in [5.74, 6) is 4.89. The minimum Gasteiger partial charge on any atom is -0.384 e. The molecule has 21 heavy (non-hydrogen) atoms. The number of aliphatic hydroxyl groups excluding tert-OH is 1. The number of nitrogens with one attached hydrogen (secondary N) is 1. The van der Waals surface area contributed by atoms with Gasteiger partial charge in [-0.25, -0.2) is 4.39 Å². The van der Waals surface area contributed by atoms with Gasteiger partial charge in [0.15, 0.2) is 0 Å². The normalized spacial score (nSPS) is 16.1. The van der Waals surface area contributed by atoms with Crippen LogP contribution in [0.25, 0.3) is 0 Å². The Balaban J connectivity index is 2.15. The van der Waals surface area contributed by atoms with Crippen LogP contribution in [0.3, 0.4) is 0 Å². The van der Waals surface area contributed by atoms with Gasteiger partial charge in [0.2, 0.25) is 0 Å². The molecular formula is C17H20FNO2. The number of carbonyl (C=O) groups is 1. The molecule has 0 saturated heterocycles. The summed E-state index contributed by atoms with van der Waals surface area (Å²) in [5.41, 5.74) is 0.655. The van der Waals surface area contributed by atoms with Gasteiger partial charge in [-0.15, -0.1) is 0 Å². The van der Waals surface area contributed by atoms with Crippen molar-refractivity contribution in [2.45, 2.75) is 38.6 Å². The van der Waals surface area contributed by atoms with Gasteiger partial charge < -0.3 is 10.4 Å². The zero-order valence-electron chi connectivity index (χ0n) is 12.2. The van der Waals surface area contributed by atoms with E-state index in [1.165, 1.54) is 31.0 Å². The molecule has 1 unspecified atom stereocenters. The quantitative estimate of drug-likeness (QED) is 0.840. The molecule has 4 heteroatoms. The van der Waals surface area contributed by atoms with E-state index in [0.29, 0.717) is 11.5 Å². The highest BCUT2D eigenvalue weighted by atomic mass is 19.1. The highest BCUT2D eigenvalue weighted by Crippen LogP contribution is 2.27. The molecule has 0 spiro atoms. The number of halogens is 1. The van der Waals surface area contributed by atoms with Gasteiger partial charge in [0, 0.05) is 11.6 Å². The molecule has 0 aliphatic heterocycles. The molecule has 1 saturated carbocycles. The minimum atomic E-state index is -0.469. The van der Waals surface area contributed by atoms with E-state index >= 15 is 0 Å². The van der Waals surface area contributed by atoms with Crippen LogP contribution in [0.1, 0.15) is 48.5 Å². The van der Waals surface area contributed by atoms with Crippen molar-refractivity contribution in [2.75, 3.05) is 6.61 Å². The van der Waals surface area contributed by atoms with E-state index in [0.717, 1.165) is 12.8 Å².